The standard InChI is InChI=1S/C19H25NO3/c1-4-10-20-12-13(19(21)23-3)11-16-14-6-5-7-18(22-2)15(14)8-9-17(16)20/h5-7,13H,4,8-12H2,1-3H3/t13-/m0/s1. The van der Waals surface area contributed by atoms with Gasteiger partial charge in [0.05, 0.1) is 20.1 Å². The molecule has 124 valence electrons. The second-order valence-corrected chi connectivity index (χ2v) is 6.28. The minimum absolute atomic E-state index is 0.0811. The topological polar surface area (TPSA) is 38.8 Å². The van der Waals surface area contributed by atoms with Crippen LogP contribution in [0.3, 0.4) is 0 Å². The zero-order valence-corrected chi connectivity index (χ0v) is 14.2. The zero-order valence-electron chi connectivity index (χ0n) is 14.2. The van der Waals surface area contributed by atoms with Crippen LogP contribution in [0.4, 0.5) is 0 Å². The number of carbonyl (C=O) groups excluding carboxylic acids is 1. The molecule has 1 heterocycles. The Balaban J connectivity index is 2.04. The Labute approximate surface area is 138 Å². The Hall–Kier alpha value is -1.97. The summed E-state index contributed by atoms with van der Waals surface area (Å²) in [4.78, 5) is 14.5. The molecule has 1 aromatic rings. The number of nitrogens with zero attached hydrogens (tertiary/aromatic N) is 1. The molecular formula is C19H25NO3. The lowest BCUT2D eigenvalue weighted by atomic mass is 9.80. The van der Waals surface area contributed by atoms with Crippen molar-refractivity contribution < 1.29 is 14.3 Å². The molecule has 0 spiro atoms. The fourth-order valence-corrected chi connectivity index (χ4v) is 3.93. The fraction of sp³-hybridized carbons (Fsp3) is 0.526. The first-order valence-corrected chi connectivity index (χ1v) is 8.40. The second kappa shape index (κ2) is 6.65. The number of hydrogen-bond donors (Lipinski definition) is 0. The Bertz CT molecular complexity index is 636. The van der Waals surface area contributed by atoms with Gasteiger partial charge < -0.3 is 14.4 Å². The summed E-state index contributed by atoms with van der Waals surface area (Å²) in [6.45, 7) is 3.95. The van der Waals surface area contributed by atoms with Crippen molar-refractivity contribution in [2.24, 2.45) is 5.92 Å². The van der Waals surface area contributed by atoms with Crippen LogP contribution in [-0.2, 0) is 16.0 Å². The lowest BCUT2D eigenvalue weighted by Crippen LogP contribution is -2.39. The van der Waals surface area contributed by atoms with Gasteiger partial charge in [-0.1, -0.05) is 19.1 Å². The Kier molecular flexibility index (Phi) is 4.60. The van der Waals surface area contributed by atoms with Gasteiger partial charge in [-0.3, -0.25) is 4.79 Å². The summed E-state index contributed by atoms with van der Waals surface area (Å²) in [6, 6.07) is 6.23. The predicted molar refractivity (Wildman–Crippen MR) is 90.2 cm³/mol. The number of methoxy groups -OCH3 is 2. The van der Waals surface area contributed by atoms with Gasteiger partial charge in [-0.15, -0.1) is 0 Å². The third-order valence-corrected chi connectivity index (χ3v) is 4.94. The SMILES string of the molecule is CCCN1C[C@@H](C(=O)OC)CC2=C1CCc1c(OC)cccc12. The van der Waals surface area contributed by atoms with Gasteiger partial charge in [0.2, 0.25) is 0 Å². The van der Waals surface area contributed by atoms with E-state index in [-0.39, 0.29) is 11.9 Å². The quantitative estimate of drug-likeness (QED) is 0.800. The summed E-state index contributed by atoms with van der Waals surface area (Å²) in [6.07, 6.45) is 3.87. The molecule has 4 nitrogen and oxygen atoms in total. The number of rotatable bonds is 4. The van der Waals surface area contributed by atoms with Crippen LogP contribution in [0.15, 0.2) is 23.9 Å². The van der Waals surface area contributed by atoms with Crippen LogP contribution >= 0.6 is 0 Å². The van der Waals surface area contributed by atoms with Crippen molar-refractivity contribution in [3.63, 3.8) is 0 Å². The molecule has 0 amide bonds. The van der Waals surface area contributed by atoms with E-state index in [9.17, 15) is 4.79 Å². The van der Waals surface area contributed by atoms with Gasteiger partial charge in [0.25, 0.3) is 0 Å². The molecule has 0 saturated heterocycles. The van der Waals surface area contributed by atoms with Crippen LogP contribution in [0.2, 0.25) is 0 Å². The Morgan fingerprint density at radius 3 is 2.83 bits per heavy atom. The van der Waals surface area contributed by atoms with Crippen molar-refractivity contribution in [2.75, 3.05) is 27.3 Å². The molecular weight excluding hydrogens is 290 g/mol. The minimum Gasteiger partial charge on any atom is -0.496 e. The lowest BCUT2D eigenvalue weighted by Gasteiger charge is -2.40. The second-order valence-electron chi connectivity index (χ2n) is 6.28. The molecule has 1 aliphatic carbocycles. The highest BCUT2D eigenvalue weighted by Crippen LogP contribution is 2.43. The third kappa shape index (κ3) is 2.82. The molecule has 3 rings (SSSR count). The molecule has 1 atom stereocenters. The smallest absolute Gasteiger partial charge is 0.310 e. The van der Waals surface area contributed by atoms with Crippen molar-refractivity contribution in [1.29, 1.82) is 0 Å². The maximum absolute atomic E-state index is 12.1. The molecule has 0 radical (unpaired) electrons. The van der Waals surface area contributed by atoms with Crippen molar-refractivity contribution >= 4 is 11.5 Å². The van der Waals surface area contributed by atoms with Gasteiger partial charge in [-0.05, 0) is 42.9 Å². The van der Waals surface area contributed by atoms with E-state index in [0.717, 1.165) is 44.5 Å². The summed E-state index contributed by atoms with van der Waals surface area (Å²) in [5.41, 5.74) is 5.24. The van der Waals surface area contributed by atoms with E-state index in [1.807, 2.05) is 12.1 Å². The highest BCUT2D eigenvalue weighted by molar-refractivity contribution is 5.81. The lowest BCUT2D eigenvalue weighted by molar-refractivity contribution is -0.146. The number of benzene rings is 1. The van der Waals surface area contributed by atoms with E-state index in [2.05, 4.69) is 17.9 Å². The highest BCUT2D eigenvalue weighted by atomic mass is 16.5. The van der Waals surface area contributed by atoms with Crippen LogP contribution in [0.25, 0.3) is 5.57 Å². The number of carbonyl (C=O) groups is 1. The average molecular weight is 315 g/mol. The van der Waals surface area contributed by atoms with Crippen LogP contribution in [-0.4, -0.2) is 38.2 Å². The molecule has 4 heteroatoms. The van der Waals surface area contributed by atoms with Crippen LogP contribution in [0.1, 0.15) is 37.3 Å². The molecule has 0 fully saturated rings. The van der Waals surface area contributed by atoms with Gasteiger partial charge >= 0.3 is 5.97 Å². The maximum atomic E-state index is 12.1. The van der Waals surface area contributed by atoms with E-state index in [4.69, 9.17) is 9.47 Å². The Morgan fingerprint density at radius 2 is 2.13 bits per heavy atom. The number of ether oxygens (including phenoxy) is 2. The van der Waals surface area contributed by atoms with E-state index in [1.54, 1.807) is 7.11 Å². The van der Waals surface area contributed by atoms with E-state index in [0.29, 0.717) is 0 Å². The number of esters is 1. The zero-order chi connectivity index (χ0) is 16.4. The number of hydrogen-bond acceptors (Lipinski definition) is 4. The minimum atomic E-state index is -0.104. The van der Waals surface area contributed by atoms with E-state index in [1.165, 1.54) is 29.5 Å². The van der Waals surface area contributed by atoms with Gasteiger partial charge in [0, 0.05) is 24.4 Å². The molecule has 0 aromatic heterocycles. The molecule has 23 heavy (non-hydrogen) atoms. The monoisotopic (exact) mass is 315 g/mol. The summed E-state index contributed by atoms with van der Waals surface area (Å²) >= 11 is 0. The average Bonchev–Trinajstić information content (AvgIpc) is 2.60. The number of allylic oxidation sites excluding steroid dienone is 2. The fourth-order valence-electron chi connectivity index (χ4n) is 3.93. The van der Waals surface area contributed by atoms with Crippen molar-refractivity contribution in [3.8, 4) is 5.75 Å². The van der Waals surface area contributed by atoms with Crippen molar-refractivity contribution in [1.82, 2.24) is 4.90 Å². The Morgan fingerprint density at radius 1 is 1.30 bits per heavy atom. The van der Waals surface area contributed by atoms with Gasteiger partial charge in [0.1, 0.15) is 5.75 Å². The van der Waals surface area contributed by atoms with Crippen molar-refractivity contribution in [2.45, 2.75) is 32.6 Å². The largest absolute Gasteiger partial charge is 0.496 e. The molecule has 0 unspecified atom stereocenters. The summed E-state index contributed by atoms with van der Waals surface area (Å²) in [5, 5.41) is 0. The summed E-state index contributed by atoms with van der Waals surface area (Å²) in [5.74, 6) is 0.770. The normalized spacial score (nSPS) is 20.0. The number of fused-ring (bicyclic) bond motifs is 2. The molecule has 1 aliphatic heterocycles. The maximum Gasteiger partial charge on any atom is 0.310 e. The van der Waals surface area contributed by atoms with Gasteiger partial charge in [-0.2, -0.15) is 0 Å². The van der Waals surface area contributed by atoms with Gasteiger partial charge in [0.15, 0.2) is 0 Å². The predicted octanol–water partition coefficient (Wildman–Crippen LogP) is 3.26. The van der Waals surface area contributed by atoms with Crippen LogP contribution < -0.4 is 4.74 Å². The third-order valence-electron chi connectivity index (χ3n) is 4.94. The highest BCUT2D eigenvalue weighted by Gasteiger charge is 2.34. The molecule has 0 N–H and O–H groups in total. The van der Waals surface area contributed by atoms with Crippen LogP contribution in [0, 0.1) is 5.92 Å². The molecule has 1 aromatic carbocycles. The first kappa shape index (κ1) is 15.9. The first-order chi connectivity index (χ1) is 11.2. The van der Waals surface area contributed by atoms with Crippen molar-refractivity contribution in [3.05, 3.63) is 35.0 Å². The molecule has 0 bridgehead atoms. The molecule has 0 saturated carbocycles. The van der Waals surface area contributed by atoms with E-state index < -0.39 is 0 Å². The van der Waals surface area contributed by atoms with Gasteiger partial charge in [-0.25, -0.2) is 0 Å². The molecule has 2 aliphatic rings. The van der Waals surface area contributed by atoms with E-state index >= 15 is 0 Å². The van der Waals surface area contributed by atoms with Crippen LogP contribution in [0.5, 0.6) is 5.75 Å². The summed E-state index contributed by atoms with van der Waals surface area (Å²) in [7, 11) is 3.20. The first-order valence-electron chi connectivity index (χ1n) is 8.40. The summed E-state index contributed by atoms with van der Waals surface area (Å²) < 4.78 is 10.6.